The second-order valence-electron chi connectivity index (χ2n) is 8.60. The van der Waals surface area contributed by atoms with E-state index in [1.54, 1.807) is 12.1 Å². The molecule has 0 fully saturated rings. The number of rotatable bonds is 6. The minimum absolute atomic E-state index is 0.0254. The first kappa shape index (κ1) is 22.4. The number of fused-ring (bicyclic) bond motifs is 1. The van der Waals surface area contributed by atoms with Crippen molar-refractivity contribution in [2.75, 3.05) is 5.75 Å². The Morgan fingerprint density at radius 2 is 1.81 bits per heavy atom. The summed E-state index contributed by atoms with van der Waals surface area (Å²) in [4.78, 5) is 14.2. The zero-order valence-corrected chi connectivity index (χ0v) is 19.4. The summed E-state index contributed by atoms with van der Waals surface area (Å²) in [6, 6.07) is 19.8. The molecule has 1 heterocycles. The largest absolute Gasteiger partial charge is 0.508 e. The Bertz CT molecular complexity index is 1090. The first-order valence-corrected chi connectivity index (χ1v) is 12.0. The third-order valence-electron chi connectivity index (χ3n) is 6.12. The number of nitrogens with one attached hydrogen (secondary N) is 1. The lowest BCUT2D eigenvalue weighted by Crippen LogP contribution is -2.44. The standard InChI is InChI=1S/C27H30N2O2S/c1-17-12-21(30)13-18(2)22(17)16-24(28)27(31)29-25-10-11-32-26-9-8-20(15-23(25)26)14-19-6-4-3-5-7-19/h3-9,12-13,15,24-25,30H,10-11,14,16,28H2,1-2H3,(H,29,31). The number of amides is 1. The average molecular weight is 447 g/mol. The molecular formula is C27H30N2O2S. The van der Waals surface area contributed by atoms with E-state index in [9.17, 15) is 9.90 Å². The van der Waals surface area contributed by atoms with Gasteiger partial charge in [-0.25, -0.2) is 0 Å². The highest BCUT2D eigenvalue weighted by Gasteiger charge is 2.25. The molecule has 4 rings (SSSR count). The number of carbonyl (C=O) groups excluding carboxylic acids is 1. The number of aromatic hydroxyl groups is 1. The topological polar surface area (TPSA) is 75.3 Å². The number of thioether (sulfide) groups is 1. The molecular weight excluding hydrogens is 416 g/mol. The van der Waals surface area contributed by atoms with Crippen LogP contribution in [0.25, 0.3) is 0 Å². The third-order valence-corrected chi connectivity index (χ3v) is 7.25. The van der Waals surface area contributed by atoms with E-state index < -0.39 is 6.04 Å². The summed E-state index contributed by atoms with van der Waals surface area (Å²) in [6.07, 6.45) is 2.21. The van der Waals surface area contributed by atoms with Crippen LogP contribution in [-0.4, -0.2) is 22.8 Å². The second kappa shape index (κ2) is 9.80. The number of hydrogen-bond acceptors (Lipinski definition) is 4. The van der Waals surface area contributed by atoms with Crippen LogP contribution >= 0.6 is 11.8 Å². The van der Waals surface area contributed by atoms with Crippen molar-refractivity contribution in [3.63, 3.8) is 0 Å². The molecule has 0 aromatic heterocycles. The van der Waals surface area contributed by atoms with E-state index in [1.165, 1.54) is 21.6 Å². The van der Waals surface area contributed by atoms with Crippen LogP contribution in [0.2, 0.25) is 0 Å². The van der Waals surface area contributed by atoms with Crippen molar-refractivity contribution in [1.82, 2.24) is 5.32 Å². The van der Waals surface area contributed by atoms with Crippen LogP contribution in [0.3, 0.4) is 0 Å². The molecule has 0 spiro atoms. The predicted octanol–water partition coefficient (Wildman–Crippen LogP) is 4.82. The summed E-state index contributed by atoms with van der Waals surface area (Å²) in [5.74, 6) is 1.08. The van der Waals surface area contributed by atoms with Gasteiger partial charge in [-0.15, -0.1) is 11.8 Å². The van der Waals surface area contributed by atoms with Gasteiger partial charge < -0.3 is 16.2 Å². The van der Waals surface area contributed by atoms with E-state index in [-0.39, 0.29) is 17.7 Å². The van der Waals surface area contributed by atoms with Crippen molar-refractivity contribution in [3.8, 4) is 5.75 Å². The molecule has 3 aromatic carbocycles. The molecule has 4 nitrogen and oxygen atoms in total. The molecule has 4 N–H and O–H groups in total. The van der Waals surface area contributed by atoms with Crippen LogP contribution in [-0.2, 0) is 17.6 Å². The van der Waals surface area contributed by atoms with Crippen LogP contribution in [0, 0.1) is 13.8 Å². The molecule has 1 aliphatic rings. The Hall–Kier alpha value is -2.76. The van der Waals surface area contributed by atoms with Crippen LogP contribution in [0.15, 0.2) is 65.6 Å². The number of phenolic OH excluding ortho intramolecular Hbond substituents is 1. The van der Waals surface area contributed by atoms with E-state index in [0.717, 1.165) is 35.3 Å². The Morgan fingerprint density at radius 1 is 1.09 bits per heavy atom. The molecule has 5 heteroatoms. The number of phenols is 1. The zero-order valence-electron chi connectivity index (χ0n) is 18.6. The summed E-state index contributed by atoms with van der Waals surface area (Å²) in [5, 5.41) is 13.0. The van der Waals surface area contributed by atoms with Crippen LogP contribution in [0.4, 0.5) is 0 Å². The number of aryl methyl sites for hydroxylation is 2. The lowest BCUT2D eigenvalue weighted by atomic mass is 9.95. The van der Waals surface area contributed by atoms with Gasteiger partial charge in [-0.2, -0.15) is 0 Å². The van der Waals surface area contributed by atoms with Crippen molar-refractivity contribution >= 4 is 17.7 Å². The minimum Gasteiger partial charge on any atom is -0.508 e. The van der Waals surface area contributed by atoms with Crippen molar-refractivity contribution in [2.24, 2.45) is 5.73 Å². The van der Waals surface area contributed by atoms with Crippen molar-refractivity contribution < 1.29 is 9.90 Å². The molecule has 3 aromatic rings. The van der Waals surface area contributed by atoms with Gasteiger partial charge >= 0.3 is 0 Å². The molecule has 0 radical (unpaired) electrons. The average Bonchev–Trinajstić information content (AvgIpc) is 2.77. The fourth-order valence-corrected chi connectivity index (χ4v) is 5.52. The van der Waals surface area contributed by atoms with E-state index in [1.807, 2.05) is 31.7 Å². The maximum atomic E-state index is 13.0. The highest BCUT2D eigenvalue weighted by molar-refractivity contribution is 7.99. The Balaban J connectivity index is 1.48. The summed E-state index contributed by atoms with van der Waals surface area (Å²) in [7, 11) is 0. The summed E-state index contributed by atoms with van der Waals surface area (Å²) >= 11 is 1.84. The van der Waals surface area contributed by atoms with Gasteiger partial charge in [0.25, 0.3) is 0 Å². The lowest BCUT2D eigenvalue weighted by Gasteiger charge is -2.28. The van der Waals surface area contributed by atoms with Gasteiger partial charge in [0, 0.05) is 10.6 Å². The smallest absolute Gasteiger partial charge is 0.237 e. The van der Waals surface area contributed by atoms with Gasteiger partial charge in [-0.3, -0.25) is 4.79 Å². The van der Waals surface area contributed by atoms with Crippen molar-refractivity contribution in [1.29, 1.82) is 0 Å². The maximum absolute atomic E-state index is 13.0. The fraction of sp³-hybridized carbons (Fsp3) is 0.296. The fourth-order valence-electron chi connectivity index (χ4n) is 4.42. The minimum atomic E-state index is -0.637. The normalized spacial score (nSPS) is 16.3. The molecule has 2 unspecified atom stereocenters. The molecule has 1 aliphatic heterocycles. The molecule has 0 saturated carbocycles. The lowest BCUT2D eigenvalue weighted by molar-refractivity contribution is -0.123. The van der Waals surface area contributed by atoms with Crippen molar-refractivity contribution in [2.45, 2.75) is 50.1 Å². The first-order chi connectivity index (χ1) is 15.4. The quantitative estimate of drug-likeness (QED) is 0.507. The number of hydrogen-bond donors (Lipinski definition) is 3. The van der Waals surface area contributed by atoms with Crippen LogP contribution < -0.4 is 11.1 Å². The highest BCUT2D eigenvalue weighted by Crippen LogP contribution is 2.37. The maximum Gasteiger partial charge on any atom is 0.237 e. The SMILES string of the molecule is Cc1cc(O)cc(C)c1CC(N)C(=O)NC1CCSc2ccc(Cc3ccccc3)cc21. The predicted molar refractivity (Wildman–Crippen MR) is 131 cm³/mol. The Labute approximate surface area is 194 Å². The van der Waals surface area contributed by atoms with E-state index in [4.69, 9.17) is 5.73 Å². The van der Waals surface area contributed by atoms with Gasteiger partial charge in [0.2, 0.25) is 5.91 Å². The van der Waals surface area contributed by atoms with Gasteiger partial charge in [0.1, 0.15) is 5.75 Å². The highest BCUT2D eigenvalue weighted by atomic mass is 32.2. The molecule has 32 heavy (non-hydrogen) atoms. The second-order valence-corrected chi connectivity index (χ2v) is 9.74. The zero-order chi connectivity index (χ0) is 22.7. The van der Waals surface area contributed by atoms with E-state index >= 15 is 0 Å². The number of carbonyl (C=O) groups is 1. The molecule has 0 bridgehead atoms. The third kappa shape index (κ3) is 5.17. The molecule has 0 aliphatic carbocycles. The number of benzene rings is 3. The van der Waals surface area contributed by atoms with Gasteiger partial charge in [0.15, 0.2) is 0 Å². The molecule has 2 atom stereocenters. The van der Waals surface area contributed by atoms with Gasteiger partial charge in [-0.1, -0.05) is 42.5 Å². The molecule has 1 amide bonds. The van der Waals surface area contributed by atoms with Crippen molar-refractivity contribution in [3.05, 3.63) is 94.0 Å². The summed E-state index contributed by atoms with van der Waals surface area (Å²) in [5.41, 5.74) is 13.0. The van der Waals surface area contributed by atoms with E-state index in [2.05, 4.69) is 47.8 Å². The molecule has 0 saturated heterocycles. The number of nitrogens with two attached hydrogens (primary N) is 1. The van der Waals surface area contributed by atoms with Gasteiger partial charge in [-0.05, 0) is 84.7 Å². The summed E-state index contributed by atoms with van der Waals surface area (Å²) < 4.78 is 0. The van der Waals surface area contributed by atoms with Gasteiger partial charge in [0.05, 0.1) is 12.1 Å². The van der Waals surface area contributed by atoms with Crippen LogP contribution in [0.5, 0.6) is 5.75 Å². The monoisotopic (exact) mass is 446 g/mol. The van der Waals surface area contributed by atoms with E-state index in [0.29, 0.717) is 6.42 Å². The summed E-state index contributed by atoms with van der Waals surface area (Å²) in [6.45, 7) is 3.88. The first-order valence-electron chi connectivity index (χ1n) is 11.1. The Morgan fingerprint density at radius 3 is 2.53 bits per heavy atom. The molecule has 166 valence electrons. The van der Waals surface area contributed by atoms with Crippen LogP contribution in [0.1, 0.15) is 45.8 Å². The Kier molecular flexibility index (Phi) is 6.87.